The minimum absolute atomic E-state index is 0.308. The Morgan fingerprint density at radius 2 is 1.41 bits per heavy atom. The summed E-state index contributed by atoms with van der Waals surface area (Å²) >= 11 is 0. The fraction of sp³-hybridized carbons (Fsp3) is 0.562. The highest BCUT2D eigenvalue weighted by atomic mass is 19.3. The average Bonchev–Trinajstić information content (AvgIpc) is 2.91. The summed E-state index contributed by atoms with van der Waals surface area (Å²) < 4.78 is 60.3. The van der Waals surface area contributed by atoms with Crippen LogP contribution in [0.4, 0.5) is 17.6 Å². The minimum atomic E-state index is -3.64. The van der Waals surface area contributed by atoms with Crippen molar-refractivity contribution in [2.45, 2.75) is 96.0 Å². The Labute approximate surface area is 219 Å². The molecule has 0 N–H and O–H groups in total. The number of benzene rings is 2. The maximum Gasteiger partial charge on any atom is 0.426 e. The molecule has 0 saturated heterocycles. The first-order chi connectivity index (χ1) is 17.8. The Kier molecular flexibility index (Phi) is 9.72. The number of hydrogen-bond donors (Lipinski definition) is 0. The molecule has 0 amide bonds. The Morgan fingerprint density at radius 1 is 0.784 bits per heavy atom. The lowest BCUT2D eigenvalue weighted by Gasteiger charge is -2.29. The van der Waals surface area contributed by atoms with Gasteiger partial charge in [-0.15, -0.1) is 0 Å². The summed E-state index contributed by atoms with van der Waals surface area (Å²) in [5, 5.41) is 0. The largest absolute Gasteiger partial charge is 0.429 e. The average molecular weight is 517 g/mol. The van der Waals surface area contributed by atoms with Crippen molar-refractivity contribution in [2.75, 3.05) is 0 Å². The Balaban J connectivity index is 1.23. The summed E-state index contributed by atoms with van der Waals surface area (Å²) in [5.41, 5.74) is 0.758. The van der Waals surface area contributed by atoms with E-state index in [-0.39, 0.29) is 5.56 Å². The summed E-state index contributed by atoms with van der Waals surface area (Å²) in [4.78, 5) is 0. The number of allylic oxidation sites excluding steroid dienone is 2. The SMILES string of the molecule is CCCCCC1CCC(/C=C/C2CCC(c3ccc(C(F)(F)Oc4ccc(F)c(F)c4)cc3)CC2)CC1. The molecule has 0 heterocycles. The zero-order valence-corrected chi connectivity index (χ0v) is 21.9. The van der Waals surface area contributed by atoms with Crippen LogP contribution in [-0.2, 0) is 6.11 Å². The molecule has 0 unspecified atom stereocenters. The van der Waals surface area contributed by atoms with E-state index < -0.39 is 23.5 Å². The lowest BCUT2D eigenvalue weighted by atomic mass is 9.76. The molecule has 0 aromatic heterocycles. The third kappa shape index (κ3) is 7.85. The zero-order valence-electron chi connectivity index (χ0n) is 21.9. The molecule has 2 saturated carbocycles. The molecule has 2 aromatic rings. The Hall–Kier alpha value is -2.30. The minimum Gasteiger partial charge on any atom is -0.429 e. The lowest BCUT2D eigenvalue weighted by Crippen LogP contribution is -2.22. The molecule has 2 aliphatic rings. The van der Waals surface area contributed by atoms with Crippen molar-refractivity contribution in [3.8, 4) is 5.75 Å². The molecule has 1 nitrogen and oxygen atoms in total. The van der Waals surface area contributed by atoms with Gasteiger partial charge >= 0.3 is 6.11 Å². The van der Waals surface area contributed by atoms with Gasteiger partial charge in [0.1, 0.15) is 5.75 Å². The van der Waals surface area contributed by atoms with Crippen molar-refractivity contribution in [1.29, 1.82) is 0 Å². The summed E-state index contributed by atoms with van der Waals surface area (Å²) in [5.74, 6) is -0.0766. The first-order valence-electron chi connectivity index (χ1n) is 14.1. The van der Waals surface area contributed by atoms with Crippen molar-refractivity contribution in [1.82, 2.24) is 0 Å². The molecule has 0 atom stereocenters. The first kappa shape index (κ1) is 27.7. The number of alkyl halides is 2. The number of halogens is 4. The van der Waals surface area contributed by atoms with Gasteiger partial charge in [0, 0.05) is 6.07 Å². The van der Waals surface area contributed by atoms with Crippen LogP contribution in [0.3, 0.4) is 0 Å². The molecule has 2 aromatic carbocycles. The van der Waals surface area contributed by atoms with Crippen LogP contribution in [0, 0.1) is 29.4 Å². The molecule has 4 rings (SSSR count). The predicted molar refractivity (Wildman–Crippen MR) is 141 cm³/mol. The number of rotatable bonds is 10. The van der Waals surface area contributed by atoms with E-state index in [9.17, 15) is 17.6 Å². The van der Waals surface area contributed by atoms with Crippen LogP contribution in [0.25, 0.3) is 0 Å². The van der Waals surface area contributed by atoms with Crippen LogP contribution in [0.15, 0.2) is 54.6 Å². The second-order valence-corrected chi connectivity index (χ2v) is 11.1. The van der Waals surface area contributed by atoms with Crippen LogP contribution in [0.2, 0.25) is 0 Å². The van der Waals surface area contributed by atoms with Gasteiger partial charge in [-0.1, -0.05) is 56.9 Å². The van der Waals surface area contributed by atoms with E-state index >= 15 is 0 Å². The molecule has 2 aliphatic carbocycles. The molecule has 0 aliphatic heterocycles. The van der Waals surface area contributed by atoms with Crippen molar-refractivity contribution < 1.29 is 22.3 Å². The topological polar surface area (TPSA) is 9.23 Å². The maximum absolute atomic E-state index is 14.6. The molecule has 202 valence electrons. The summed E-state index contributed by atoms with van der Waals surface area (Å²) in [6, 6.07) is 8.64. The Bertz CT molecular complexity index is 1000. The van der Waals surface area contributed by atoms with Crippen molar-refractivity contribution in [3.63, 3.8) is 0 Å². The third-order valence-electron chi connectivity index (χ3n) is 8.39. The van der Waals surface area contributed by atoms with Crippen molar-refractivity contribution >= 4 is 0 Å². The van der Waals surface area contributed by atoms with E-state index in [4.69, 9.17) is 0 Å². The fourth-order valence-corrected chi connectivity index (χ4v) is 6.01. The predicted octanol–water partition coefficient (Wildman–Crippen LogP) is 10.3. The molecule has 0 bridgehead atoms. The van der Waals surface area contributed by atoms with E-state index in [1.165, 1.54) is 63.5 Å². The molecule has 2 fully saturated rings. The second-order valence-electron chi connectivity index (χ2n) is 11.1. The smallest absolute Gasteiger partial charge is 0.426 e. The van der Waals surface area contributed by atoms with Gasteiger partial charge in [0.25, 0.3) is 0 Å². The van der Waals surface area contributed by atoms with Crippen molar-refractivity contribution in [3.05, 3.63) is 77.4 Å². The second kappa shape index (κ2) is 13.0. The van der Waals surface area contributed by atoms with E-state index in [1.54, 1.807) is 12.1 Å². The molecule has 5 heteroatoms. The number of unbranched alkanes of at least 4 members (excludes halogenated alkanes) is 2. The maximum atomic E-state index is 14.6. The molecular weight excluding hydrogens is 476 g/mol. The number of hydrogen-bond acceptors (Lipinski definition) is 1. The van der Waals surface area contributed by atoms with Crippen LogP contribution in [0.1, 0.15) is 101 Å². The van der Waals surface area contributed by atoms with Gasteiger partial charge in [0.2, 0.25) is 0 Å². The van der Waals surface area contributed by atoms with Gasteiger partial charge in [-0.25, -0.2) is 8.78 Å². The van der Waals surface area contributed by atoms with E-state index in [0.29, 0.717) is 17.9 Å². The molecular formula is C32H40F4O. The highest BCUT2D eigenvalue weighted by molar-refractivity contribution is 5.30. The highest BCUT2D eigenvalue weighted by Crippen LogP contribution is 2.39. The molecule has 0 radical (unpaired) electrons. The van der Waals surface area contributed by atoms with Crippen LogP contribution in [-0.4, -0.2) is 0 Å². The Morgan fingerprint density at radius 3 is 2.00 bits per heavy atom. The van der Waals surface area contributed by atoms with Gasteiger partial charge in [0.15, 0.2) is 11.6 Å². The third-order valence-corrected chi connectivity index (χ3v) is 8.39. The summed E-state index contributed by atoms with van der Waals surface area (Å²) in [7, 11) is 0. The molecule has 0 spiro atoms. The first-order valence-corrected chi connectivity index (χ1v) is 14.1. The zero-order chi connectivity index (χ0) is 26.3. The number of ether oxygens (including phenoxy) is 1. The van der Waals surface area contributed by atoms with Crippen LogP contribution in [0.5, 0.6) is 5.75 Å². The van der Waals surface area contributed by atoms with E-state index in [0.717, 1.165) is 55.2 Å². The van der Waals surface area contributed by atoms with Crippen LogP contribution >= 0.6 is 0 Å². The quantitative estimate of drug-likeness (QED) is 0.173. The monoisotopic (exact) mass is 516 g/mol. The van der Waals surface area contributed by atoms with Gasteiger partial charge in [0.05, 0.1) is 5.56 Å². The van der Waals surface area contributed by atoms with E-state index in [2.05, 4.69) is 23.8 Å². The normalized spacial score (nSPS) is 24.9. The highest BCUT2D eigenvalue weighted by Gasteiger charge is 2.35. The molecule has 37 heavy (non-hydrogen) atoms. The summed E-state index contributed by atoms with van der Waals surface area (Å²) in [6.07, 6.45) is 16.6. The standard InChI is InChI=1S/C32H40F4O/c1-2-3-4-5-23-6-8-24(9-7-23)10-11-25-12-14-26(15-13-25)27-16-18-28(19-17-27)32(35,36)37-29-20-21-30(33)31(34)22-29/h10-11,16-26H,2-9,12-15H2,1H3/b11-10+. The van der Waals surface area contributed by atoms with Gasteiger partial charge < -0.3 is 4.74 Å². The van der Waals surface area contributed by atoms with Gasteiger partial charge in [-0.2, -0.15) is 8.78 Å². The van der Waals surface area contributed by atoms with E-state index in [1.807, 2.05) is 0 Å². The lowest BCUT2D eigenvalue weighted by molar-refractivity contribution is -0.185. The van der Waals surface area contributed by atoms with Crippen molar-refractivity contribution in [2.24, 2.45) is 17.8 Å². The van der Waals surface area contributed by atoms with Gasteiger partial charge in [-0.3, -0.25) is 0 Å². The van der Waals surface area contributed by atoms with Crippen LogP contribution < -0.4 is 4.74 Å². The van der Waals surface area contributed by atoms with Gasteiger partial charge in [-0.05, 0) is 105 Å². The fourth-order valence-electron chi connectivity index (χ4n) is 6.01. The summed E-state index contributed by atoms with van der Waals surface area (Å²) in [6.45, 7) is 2.27.